The van der Waals surface area contributed by atoms with Crippen LogP contribution in [-0.2, 0) is 4.74 Å². The summed E-state index contributed by atoms with van der Waals surface area (Å²) < 4.78 is 5.09. The number of nitrogens with one attached hydrogen (secondary N) is 2. The van der Waals surface area contributed by atoms with Gasteiger partial charge in [0.1, 0.15) is 10.7 Å². The van der Waals surface area contributed by atoms with Crippen molar-refractivity contribution in [3.05, 3.63) is 40.8 Å². The predicted molar refractivity (Wildman–Crippen MR) is 74.3 cm³/mol. The molecule has 1 amide bonds. The van der Waals surface area contributed by atoms with Gasteiger partial charge in [-0.15, -0.1) is 0 Å². The number of ether oxygens (including phenoxy) is 1. The summed E-state index contributed by atoms with van der Waals surface area (Å²) in [6.45, 7) is 0.282. The number of nitrogens with two attached hydrogens (primary N) is 1. The van der Waals surface area contributed by atoms with Gasteiger partial charge in [0.05, 0.1) is 18.3 Å². The molecule has 0 spiro atoms. The number of nitrogen functional groups attached to an aromatic ring is 1. The van der Waals surface area contributed by atoms with Gasteiger partial charge in [-0.3, -0.25) is 14.9 Å². The highest BCUT2D eigenvalue weighted by atomic mass is 35.5. The second kappa shape index (κ2) is 6.36. The average molecular weight is 296 g/mol. The van der Waals surface area contributed by atoms with Crippen LogP contribution in [0.25, 0.3) is 0 Å². The Labute approximate surface area is 120 Å². The van der Waals surface area contributed by atoms with Crippen LogP contribution < -0.4 is 11.1 Å². The third kappa shape index (κ3) is 3.06. The Morgan fingerprint density at radius 1 is 1.60 bits per heavy atom. The number of anilines is 1. The lowest BCUT2D eigenvalue weighted by atomic mass is 10.2. The van der Waals surface area contributed by atoms with Gasteiger partial charge >= 0.3 is 0 Å². The monoisotopic (exact) mass is 295 g/mol. The van der Waals surface area contributed by atoms with Crippen molar-refractivity contribution in [1.82, 2.24) is 20.5 Å². The minimum absolute atomic E-state index is 0.0814. The Bertz CT molecular complexity index is 587. The van der Waals surface area contributed by atoms with Crippen molar-refractivity contribution in [1.29, 1.82) is 0 Å². The van der Waals surface area contributed by atoms with Crippen LogP contribution in [0.3, 0.4) is 0 Å². The molecule has 8 heteroatoms. The van der Waals surface area contributed by atoms with E-state index in [2.05, 4.69) is 20.5 Å². The van der Waals surface area contributed by atoms with E-state index >= 15 is 0 Å². The fourth-order valence-electron chi connectivity index (χ4n) is 1.67. The zero-order chi connectivity index (χ0) is 14.5. The third-order valence-electron chi connectivity index (χ3n) is 2.64. The topological polar surface area (TPSA) is 106 Å². The lowest BCUT2D eigenvalue weighted by Crippen LogP contribution is -2.32. The third-order valence-corrected chi connectivity index (χ3v) is 3.03. The number of rotatable bonds is 5. The van der Waals surface area contributed by atoms with Crippen molar-refractivity contribution in [2.24, 2.45) is 0 Å². The summed E-state index contributed by atoms with van der Waals surface area (Å²) in [7, 11) is 1.54. The molecule has 0 aromatic carbocycles. The number of aromatic nitrogens is 3. The molecule has 4 N–H and O–H groups in total. The van der Waals surface area contributed by atoms with E-state index in [-0.39, 0.29) is 23.1 Å². The summed E-state index contributed by atoms with van der Waals surface area (Å²) in [6.07, 6.45) is 1.64. The summed E-state index contributed by atoms with van der Waals surface area (Å²) in [4.78, 5) is 16.3. The average Bonchev–Trinajstić information content (AvgIpc) is 2.79. The van der Waals surface area contributed by atoms with Crippen molar-refractivity contribution in [3.63, 3.8) is 0 Å². The number of H-pyrrole nitrogens is 1. The standard InChI is InChI=1S/C12H14ClN5O2/c1-20-6-8(7-4-2-3-5-15-7)16-12(19)10-9(13)11(14)18-17-10/h2-5,8H,6H2,1H3,(H,16,19)(H3,14,17,18)/t8-/m1/s1. The molecule has 20 heavy (non-hydrogen) atoms. The molecule has 2 heterocycles. The number of hydrogen-bond donors (Lipinski definition) is 3. The molecular formula is C12H14ClN5O2. The van der Waals surface area contributed by atoms with E-state index in [0.717, 1.165) is 0 Å². The summed E-state index contributed by atoms with van der Waals surface area (Å²) in [5, 5.41) is 9.03. The smallest absolute Gasteiger partial charge is 0.271 e. The summed E-state index contributed by atoms with van der Waals surface area (Å²) >= 11 is 5.88. The summed E-state index contributed by atoms with van der Waals surface area (Å²) in [5.74, 6) is -0.343. The maximum Gasteiger partial charge on any atom is 0.271 e. The first kappa shape index (κ1) is 14.3. The predicted octanol–water partition coefficient (Wildman–Crippen LogP) is 1.16. The van der Waals surface area contributed by atoms with Gasteiger partial charge in [-0.2, -0.15) is 5.10 Å². The number of pyridine rings is 1. The lowest BCUT2D eigenvalue weighted by molar-refractivity contribution is 0.0889. The quantitative estimate of drug-likeness (QED) is 0.767. The molecule has 2 aromatic heterocycles. The fourth-order valence-corrected chi connectivity index (χ4v) is 1.84. The van der Waals surface area contributed by atoms with Crippen LogP contribution in [-0.4, -0.2) is 34.8 Å². The number of halogens is 1. The normalized spacial score (nSPS) is 12.1. The molecule has 1 atom stereocenters. The summed E-state index contributed by atoms with van der Waals surface area (Å²) in [5.41, 5.74) is 6.29. The van der Waals surface area contributed by atoms with Crippen LogP contribution in [0.5, 0.6) is 0 Å². The highest BCUT2D eigenvalue weighted by Gasteiger charge is 2.21. The maximum absolute atomic E-state index is 12.1. The van der Waals surface area contributed by atoms with Crippen molar-refractivity contribution in [3.8, 4) is 0 Å². The van der Waals surface area contributed by atoms with Crippen molar-refractivity contribution in [2.45, 2.75) is 6.04 Å². The minimum Gasteiger partial charge on any atom is -0.382 e. The Morgan fingerprint density at radius 3 is 2.95 bits per heavy atom. The zero-order valence-corrected chi connectivity index (χ0v) is 11.5. The Hall–Kier alpha value is -2.12. The van der Waals surface area contributed by atoms with Crippen LogP contribution in [0, 0.1) is 0 Å². The van der Waals surface area contributed by atoms with Gasteiger partial charge in [0, 0.05) is 13.3 Å². The van der Waals surface area contributed by atoms with E-state index in [1.54, 1.807) is 25.4 Å². The molecule has 0 saturated carbocycles. The number of aromatic amines is 1. The first-order valence-electron chi connectivity index (χ1n) is 5.83. The molecular weight excluding hydrogens is 282 g/mol. The molecule has 7 nitrogen and oxygen atoms in total. The van der Waals surface area contributed by atoms with Crippen LogP contribution in [0.4, 0.5) is 5.82 Å². The van der Waals surface area contributed by atoms with Crippen molar-refractivity contribution in [2.75, 3.05) is 19.5 Å². The maximum atomic E-state index is 12.1. The fraction of sp³-hybridized carbons (Fsp3) is 0.250. The van der Waals surface area contributed by atoms with Crippen LogP contribution in [0.1, 0.15) is 22.2 Å². The van der Waals surface area contributed by atoms with Gasteiger partial charge < -0.3 is 15.8 Å². The molecule has 0 fully saturated rings. The largest absolute Gasteiger partial charge is 0.382 e. The van der Waals surface area contributed by atoms with Gasteiger partial charge in [-0.25, -0.2) is 0 Å². The molecule has 0 aliphatic rings. The lowest BCUT2D eigenvalue weighted by Gasteiger charge is -2.16. The molecule has 2 rings (SSSR count). The second-order valence-electron chi connectivity index (χ2n) is 4.03. The van der Waals surface area contributed by atoms with E-state index in [1.165, 1.54) is 0 Å². The van der Waals surface area contributed by atoms with Gasteiger partial charge in [-0.1, -0.05) is 17.7 Å². The number of carbonyl (C=O) groups is 1. The number of amides is 1. The van der Waals surface area contributed by atoms with Gasteiger partial charge in [-0.05, 0) is 12.1 Å². The Morgan fingerprint density at radius 2 is 2.40 bits per heavy atom. The highest BCUT2D eigenvalue weighted by molar-refractivity contribution is 6.35. The molecule has 106 valence electrons. The number of methoxy groups -OCH3 is 1. The number of carbonyl (C=O) groups excluding carboxylic acids is 1. The minimum atomic E-state index is -0.424. The van der Waals surface area contributed by atoms with Gasteiger partial charge in [0.25, 0.3) is 5.91 Å². The summed E-state index contributed by atoms with van der Waals surface area (Å²) in [6, 6.07) is 5.03. The first-order chi connectivity index (χ1) is 9.63. The van der Waals surface area contributed by atoms with Crippen LogP contribution in [0.15, 0.2) is 24.4 Å². The van der Waals surface area contributed by atoms with E-state index in [1.807, 2.05) is 6.07 Å². The second-order valence-corrected chi connectivity index (χ2v) is 4.41. The number of hydrogen-bond acceptors (Lipinski definition) is 5. The molecule has 0 aliphatic carbocycles. The molecule has 0 bridgehead atoms. The van der Waals surface area contributed by atoms with Crippen molar-refractivity contribution < 1.29 is 9.53 Å². The van der Waals surface area contributed by atoms with Gasteiger partial charge in [0.2, 0.25) is 0 Å². The van der Waals surface area contributed by atoms with Crippen LogP contribution in [0.2, 0.25) is 5.02 Å². The Balaban J connectivity index is 2.16. The van der Waals surface area contributed by atoms with Crippen molar-refractivity contribution >= 4 is 23.3 Å². The molecule has 2 aromatic rings. The molecule has 0 aliphatic heterocycles. The van der Waals surface area contributed by atoms with E-state index in [9.17, 15) is 4.79 Å². The van der Waals surface area contributed by atoms with E-state index in [0.29, 0.717) is 5.69 Å². The number of nitrogens with zero attached hydrogens (tertiary/aromatic N) is 2. The van der Waals surface area contributed by atoms with Crippen LogP contribution >= 0.6 is 11.6 Å². The molecule has 0 radical (unpaired) electrons. The molecule has 0 saturated heterocycles. The Kier molecular flexibility index (Phi) is 4.54. The highest BCUT2D eigenvalue weighted by Crippen LogP contribution is 2.20. The first-order valence-corrected chi connectivity index (χ1v) is 6.21. The van der Waals surface area contributed by atoms with E-state index in [4.69, 9.17) is 22.1 Å². The van der Waals surface area contributed by atoms with Gasteiger partial charge in [0.15, 0.2) is 5.82 Å². The zero-order valence-electron chi connectivity index (χ0n) is 10.8. The van der Waals surface area contributed by atoms with E-state index < -0.39 is 11.9 Å². The molecule has 0 unspecified atom stereocenters. The SMILES string of the molecule is COC[C@@H](NC(=O)c1[nH]nc(N)c1Cl)c1ccccn1.